The van der Waals surface area contributed by atoms with Gasteiger partial charge in [-0.15, -0.1) is 0 Å². The normalized spacial score (nSPS) is 16.1. The van der Waals surface area contributed by atoms with Crippen molar-refractivity contribution >= 4 is 11.6 Å². The number of ether oxygens (including phenoxy) is 1. The van der Waals surface area contributed by atoms with Crippen molar-refractivity contribution < 1.29 is 9.13 Å². The minimum Gasteiger partial charge on any atom is -0.377 e. The first-order valence-corrected chi connectivity index (χ1v) is 7.07. The van der Waals surface area contributed by atoms with Gasteiger partial charge in [0.2, 0.25) is 0 Å². The molecule has 1 aromatic rings. The van der Waals surface area contributed by atoms with Gasteiger partial charge in [0.15, 0.2) is 0 Å². The molecule has 0 aliphatic carbocycles. The van der Waals surface area contributed by atoms with Crippen molar-refractivity contribution in [1.29, 1.82) is 0 Å². The SMILES string of the molecule is CCNC(Cc1cc(F)ccc1Cl)C(C)(CC)OC. The number of benzene rings is 1. The van der Waals surface area contributed by atoms with E-state index in [1.54, 1.807) is 13.2 Å². The Kier molecular flexibility index (Phi) is 6.24. The van der Waals surface area contributed by atoms with Gasteiger partial charge >= 0.3 is 0 Å². The van der Waals surface area contributed by atoms with Gasteiger partial charge in [-0.3, -0.25) is 0 Å². The van der Waals surface area contributed by atoms with Crippen LogP contribution in [0.5, 0.6) is 0 Å². The first kappa shape index (κ1) is 16.4. The van der Waals surface area contributed by atoms with Gasteiger partial charge in [-0.05, 0) is 50.1 Å². The number of rotatable bonds is 7. The van der Waals surface area contributed by atoms with E-state index >= 15 is 0 Å². The van der Waals surface area contributed by atoms with E-state index < -0.39 is 0 Å². The minimum absolute atomic E-state index is 0.0896. The van der Waals surface area contributed by atoms with Crippen LogP contribution in [0.25, 0.3) is 0 Å². The molecule has 2 unspecified atom stereocenters. The van der Waals surface area contributed by atoms with E-state index in [0.29, 0.717) is 11.4 Å². The summed E-state index contributed by atoms with van der Waals surface area (Å²) in [5, 5.41) is 4.01. The van der Waals surface area contributed by atoms with Crippen molar-refractivity contribution in [2.75, 3.05) is 13.7 Å². The van der Waals surface area contributed by atoms with Crippen molar-refractivity contribution in [2.45, 2.75) is 45.3 Å². The molecule has 0 amide bonds. The maximum Gasteiger partial charge on any atom is 0.123 e. The van der Waals surface area contributed by atoms with Gasteiger partial charge < -0.3 is 10.1 Å². The molecule has 0 spiro atoms. The van der Waals surface area contributed by atoms with E-state index in [2.05, 4.69) is 19.2 Å². The molecule has 0 fully saturated rings. The van der Waals surface area contributed by atoms with Crippen LogP contribution in [0.4, 0.5) is 4.39 Å². The molecule has 0 aliphatic rings. The van der Waals surface area contributed by atoms with Gasteiger partial charge in [0, 0.05) is 18.2 Å². The molecule has 108 valence electrons. The third kappa shape index (κ3) is 4.16. The largest absolute Gasteiger partial charge is 0.377 e. The topological polar surface area (TPSA) is 21.3 Å². The van der Waals surface area contributed by atoms with Crippen molar-refractivity contribution in [1.82, 2.24) is 5.32 Å². The van der Waals surface area contributed by atoms with Crippen LogP contribution < -0.4 is 5.32 Å². The van der Waals surface area contributed by atoms with Crippen LogP contribution in [0.15, 0.2) is 18.2 Å². The first-order valence-electron chi connectivity index (χ1n) is 6.69. The predicted octanol–water partition coefficient (Wildman–Crippen LogP) is 3.81. The van der Waals surface area contributed by atoms with E-state index in [1.165, 1.54) is 12.1 Å². The lowest BCUT2D eigenvalue weighted by molar-refractivity contribution is -0.0283. The van der Waals surface area contributed by atoms with Gasteiger partial charge in [0.05, 0.1) is 5.60 Å². The van der Waals surface area contributed by atoms with E-state index in [1.807, 2.05) is 6.92 Å². The highest BCUT2D eigenvalue weighted by atomic mass is 35.5. The number of nitrogens with one attached hydrogen (secondary N) is 1. The Bertz CT molecular complexity index is 407. The van der Waals surface area contributed by atoms with Gasteiger partial charge in [-0.25, -0.2) is 4.39 Å². The molecular weight excluding hydrogens is 265 g/mol. The fraction of sp³-hybridized carbons (Fsp3) is 0.600. The van der Waals surface area contributed by atoms with Gasteiger partial charge in [0.1, 0.15) is 5.82 Å². The second-order valence-corrected chi connectivity index (χ2v) is 5.33. The summed E-state index contributed by atoms with van der Waals surface area (Å²) in [7, 11) is 1.71. The first-order chi connectivity index (χ1) is 8.96. The average Bonchev–Trinajstić information content (AvgIpc) is 2.41. The summed E-state index contributed by atoms with van der Waals surface area (Å²) < 4.78 is 19.0. The second-order valence-electron chi connectivity index (χ2n) is 4.92. The molecule has 0 saturated carbocycles. The Hall–Kier alpha value is -0.640. The molecule has 4 heteroatoms. The van der Waals surface area contributed by atoms with Crippen molar-refractivity contribution in [2.24, 2.45) is 0 Å². The summed E-state index contributed by atoms with van der Waals surface area (Å²) >= 11 is 6.14. The van der Waals surface area contributed by atoms with E-state index in [-0.39, 0.29) is 17.5 Å². The summed E-state index contributed by atoms with van der Waals surface area (Å²) in [5.74, 6) is -0.259. The summed E-state index contributed by atoms with van der Waals surface area (Å²) in [6.07, 6.45) is 1.51. The van der Waals surface area contributed by atoms with Gasteiger partial charge in [-0.2, -0.15) is 0 Å². The molecule has 0 saturated heterocycles. The molecule has 2 nitrogen and oxygen atoms in total. The standard InChI is InChI=1S/C15H23ClFNO/c1-5-15(3,19-4)14(18-6-2)10-11-9-12(17)7-8-13(11)16/h7-9,14,18H,5-6,10H2,1-4H3. The maximum absolute atomic E-state index is 13.3. The van der Waals surface area contributed by atoms with E-state index in [9.17, 15) is 4.39 Å². The summed E-state index contributed by atoms with van der Waals surface area (Å²) in [5.41, 5.74) is 0.510. The fourth-order valence-electron chi connectivity index (χ4n) is 2.20. The molecule has 0 bridgehead atoms. The highest BCUT2D eigenvalue weighted by Crippen LogP contribution is 2.26. The molecule has 1 rings (SSSR count). The van der Waals surface area contributed by atoms with Crippen molar-refractivity contribution in [3.05, 3.63) is 34.6 Å². The van der Waals surface area contributed by atoms with Crippen LogP contribution in [0, 0.1) is 5.82 Å². The van der Waals surface area contributed by atoms with Gasteiger partial charge in [0.25, 0.3) is 0 Å². The van der Waals surface area contributed by atoms with Crippen LogP contribution in [0.3, 0.4) is 0 Å². The summed E-state index contributed by atoms with van der Waals surface area (Å²) in [6, 6.07) is 4.57. The predicted molar refractivity (Wildman–Crippen MR) is 78.3 cm³/mol. The minimum atomic E-state index is -0.300. The lowest BCUT2D eigenvalue weighted by atomic mass is 9.88. The van der Waals surface area contributed by atoms with Crippen LogP contribution in [-0.2, 0) is 11.2 Å². The lowest BCUT2D eigenvalue weighted by Gasteiger charge is -2.36. The molecule has 0 aliphatic heterocycles. The zero-order chi connectivity index (χ0) is 14.5. The highest BCUT2D eigenvalue weighted by Gasteiger charge is 2.32. The summed E-state index contributed by atoms with van der Waals surface area (Å²) in [4.78, 5) is 0. The number of hydrogen-bond acceptors (Lipinski definition) is 2. The van der Waals surface area contributed by atoms with Crippen molar-refractivity contribution in [3.63, 3.8) is 0 Å². The molecule has 0 aromatic heterocycles. The van der Waals surface area contributed by atoms with Crippen LogP contribution in [0.1, 0.15) is 32.8 Å². The molecule has 1 aromatic carbocycles. The second kappa shape index (κ2) is 7.22. The molecule has 1 N–H and O–H groups in total. The Balaban J connectivity index is 2.98. The number of halogens is 2. The molecule has 0 heterocycles. The monoisotopic (exact) mass is 287 g/mol. The third-order valence-corrected chi connectivity index (χ3v) is 4.16. The molecule has 2 atom stereocenters. The number of hydrogen-bond donors (Lipinski definition) is 1. The Labute approximate surface area is 120 Å². The Morgan fingerprint density at radius 1 is 1.42 bits per heavy atom. The van der Waals surface area contributed by atoms with Crippen LogP contribution in [-0.4, -0.2) is 25.3 Å². The number of likely N-dealkylation sites (N-methyl/N-ethyl adjacent to an activating group) is 1. The zero-order valence-corrected chi connectivity index (χ0v) is 12.9. The van der Waals surface area contributed by atoms with Crippen molar-refractivity contribution in [3.8, 4) is 0 Å². The maximum atomic E-state index is 13.3. The lowest BCUT2D eigenvalue weighted by Crippen LogP contribution is -2.51. The number of methoxy groups -OCH3 is 1. The molecule has 0 radical (unpaired) electrons. The summed E-state index contributed by atoms with van der Waals surface area (Å²) in [6.45, 7) is 7.02. The average molecular weight is 288 g/mol. The van der Waals surface area contributed by atoms with Crippen LogP contribution in [0.2, 0.25) is 5.02 Å². The fourth-order valence-corrected chi connectivity index (χ4v) is 2.40. The van der Waals surface area contributed by atoms with Gasteiger partial charge in [-0.1, -0.05) is 25.4 Å². The Morgan fingerprint density at radius 3 is 2.63 bits per heavy atom. The van der Waals surface area contributed by atoms with E-state index in [4.69, 9.17) is 16.3 Å². The van der Waals surface area contributed by atoms with E-state index in [0.717, 1.165) is 18.5 Å². The Morgan fingerprint density at radius 2 is 2.11 bits per heavy atom. The highest BCUT2D eigenvalue weighted by molar-refractivity contribution is 6.31. The third-order valence-electron chi connectivity index (χ3n) is 3.79. The van der Waals surface area contributed by atoms with Crippen LogP contribution >= 0.6 is 11.6 Å². The quantitative estimate of drug-likeness (QED) is 0.823. The molecule has 19 heavy (non-hydrogen) atoms. The molecular formula is C15H23ClFNO. The zero-order valence-electron chi connectivity index (χ0n) is 12.1. The smallest absolute Gasteiger partial charge is 0.123 e.